The van der Waals surface area contributed by atoms with Gasteiger partial charge in [-0.2, -0.15) is 0 Å². The monoisotopic (exact) mass is 238 g/mol. The van der Waals surface area contributed by atoms with Gasteiger partial charge in [-0.1, -0.05) is 6.07 Å². The third-order valence-electron chi connectivity index (χ3n) is 2.56. The van der Waals surface area contributed by atoms with Gasteiger partial charge in [0.2, 0.25) is 0 Å². The number of carbonyl (C=O) groups is 1. The molecule has 0 aliphatic carbocycles. The average Bonchev–Trinajstić information content (AvgIpc) is 2.27. The first-order valence-electron chi connectivity index (χ1n) is 5.80. The molecule has 0 radical (unpaired) electrons. The molecule has 0 heterocycles. The summed E-state index contributed by atoms with van der Waals surface area (Å²) in [7, 11) is 0. The molecule has 1 unspecified atom stereocenters. The Morgan fingerprint density at radius 2 is 2.24 bits per heavy atom. The number of hydrogen-bond acceptors (Lipinski definition) is 2. The van der Waals surface area contributed by atoms with Crippen LogP contribution in [0, 0.1) is 12.7 Å². The van der Waals surface area contributed by atoms with Crippen LogP contribution in [0.3, 0.4) is 0 Å². The van der Waals surface area contributed by atoms with E-state index >= 15 is 0 Å². The predicted molar refractivity (Wildman–Crippen MR) is 66.4 cm³/mol. The number of amides is 1. The minimum Gasteiger partial charge on any atom is -0.352 e. The lowest BCUT2D eigenvalue weighted by Crippen LogP contribution is -2.26. The van der Waals surface area contributed by atoms with Crippen LogP contribution in [0.2, 0.25) is 0 Å². The maximum atomic E-state index is 13.2. The molecule has 0 aliphatic rings. The number of hydrogen-bond donors (Lipinski definition) is 2. The molecule has 1 atom stereocenters. The zero-order valence-electron chi connectivity index (χ0n) is 10.3. The SMILES string of the molecule is Cc1ccc(C(=O)NCCCC(C)N)cc1F. The van der Waals surface area contributed by atoms with Crippen LogP contribution in [-0.4, -0.2) is 18.5 Å². The zero-order chi connectivity index (χ0) is 12.8. The molecule has 0 saturated carbocycles. The van der Waals surface area contributed by atoms with Gasteiger partial charge >= 0.3 is 0 Å². The zero-order valence-corrected chi connectivity index (χ0v) is 10.3. The topological polar surface area (TPSA) is 55.1 Å². The lowest BCUT2D eigenvalue weighted by atomic mass is 10.1. The van der Waals surface area contributed by atoms with E-state index in [0.717, 1.165) is 12.8 Å². The molecule has 17 heavy (non-hydrogen) atoms. The summed E-state index contributed by atoms with van der Waals surface area (Å²) in [6.07, 6.45) is 1.69. The number of carbonyl (C=O) groups excluding carboxylic acids is 1. The molecule has 3 N–H and O–H groups in total. The molecule has 0 aliphatic heterocycles. The smallest absolute Gasteiger partial charge is 0.251 e. The second-order valence-corrected chi connectivity index (χ2v) is 4.34. The fourth-order valence-corrected chi connectivity index (χ4v) is 1.46. The molecule has 0 saturated heterocycles. The van der Waals surface area contributed by atoms with E-state index in [9.17, 15) is 9.18 Å². The Balaban J connectivity index is 2.44. The number of rotatable bonds is 5. The van der Waals surface area contributed by atoms with Crippen LogP contribution in [0.15, 0.2) is 18.2 Å². The highest BCUT2D eigenvalue weighted by Gasteiger charge is 2.07. The summed E-state index contributed by atoms with van der Waals surface area (Å²) in [6.45, 7) is 4.16. The molecule has 94 valence electrons. The minimum atomic E-state index is -0.353. The van der Waals surface area contributed by atoms with Gasteiger partial charge in [-0.15, -0.1) is 0 Å². The van der Waals surface area contributed by atoms with E-state index in [1.807, 2.05) is 6.92 Å². The molecular weight excluding hydrogens is 219 g/mol. The van der Waals surface area contributed by atoms with Gasteiger partial charge < -0.3 is 11.1 Å². The van der Waals surface area contributed by atoms with Crippen LogP contribution in [0.4, 0.5) is 4.39 Å². The Morgan fingerprint density at radius 3 is 2.82 bits per heavy atom. The maximum Gasteiger partial charge on any atom is 0.251 e. The van der Waals surface area contributed by atoms with Gasteiger partial charge in [0, 0.05) is 18.2 Å². The van der Waals surface area contributed by atoms with E-state index in [4.69, 9.17) is 5.73 Å². The van der Waals surface area contributed by atoms with Crippen LogP contribution in [0.5, 0.6) is 0 Å². The van der Waals surface area contributed by atoms with Crippen molar-refractivity contribution in [2.75, 3.05) is 6.54 Å². The molecule has 0 aromatic heterocycles. The maximum absolute atomic E-state index is 13.2. The second kappa shape index (κ2) is 6.35. The standard InChI is InChI=1S/C13H19FN2O/c1-9-5-6-11(8-12(9)14)13(17)16-7-3-4-10(2)15/h5-6,8,10H,3-4,7,15H2,1-2H3,(H,16,17). The first-order chi connectivity index (χ1) is 8.00. The Labute approximate surface area is 101 Å². The van der Waals surface area contributed by atoms with Gasteiger partial charge in [0.25, 0.3) is 5.91 Å². The van der Waals surface area contributed by atoms with E-state index in [1.54, 1.807) is 19.1 Å². The van der Waals surface area contributed by atoms with Crippen molar-refractivity contribution in [3.05, 3.63) is 35.1 Å². The molecule has 3 nitrogen and oxygen atoms in total. The van der Waals surface area contributed by atoms with Gasteiger partial charge in [-0.25, -0.2) is 4.39 Å². The van der Waals surface area contributed by atoms with Crippen LogP contribution in [0.1, 0.15) is 35.7 Å². The summed E-state index contributed by atoms with van der Waals surface area (Å²) >= 11 is 0. The van der Waals surface area contributed by atoms with Crippen molar-refractivity contribution in [1.29, 1.82) is 0 Å². The Hall–Kier alpha value is -1.42. The van der Waals surface area contributed by atoms with Gasteiger partial charge in [0.1, 0.15) is 5.82 Å². The molecule has 0 fully saturated rings. The Morgan fingerprint density at radius 1 is 1.53 bits per heavy atom. The third kappa shape index (κ3) is 4.53. The highest BCUT2D eigenvalue weighted by molar-refractivity contribution is 5.94. The predicted octanol–water partition coefficient (Wildman–Crippen LogP) is 1.99. The highest BCUT2D eigenvalue weighted by Crippen LogP contribution is 2.09. The van der Waals surface area contributed by atoms with Crippen molar-refractivity contribution in [2.45, 2.75) is 32.7 Å². The number of halogens is 1. The van der Waals surface area contributed by atoms with Crippen molar-refractivity contribution >= 4 is 5.91 Å². The van der Waals surface area contributed by atoms with E-state index in [1.165, 1.54) is 6.07 Å². The molecular formula is C13H19FN2O. The summed E-state index contributed by atoms with van der Waals surface area (Å²) in [6, 6.07) is 4.63. The molecule has 1 rings (SSSR count). The van der Waals surface area contributed by atoms with Gasteiger partial charge in [-0.3, -0.25) is 4.79 Å². The van der Waals surface area contributed by atoms with Crippen molar-refractivity contribution in [2.24, 2.45) is 5.73 Å². The molecule has 1 aromatic rings. The average molecular weight is 238 g/mol. The van der Waals surface area contributed by atoms with Crippen LogP contribution >= 0.6 is 0 Å². The van der Waals surface area contributed by atoms with Gasteiger partial charge in [0.15, 0.2) is 0 Å². The van der Waals surface area contributed by atoms with Gasteiger partial charge in [-0.05, 0) is 44.4 Å². The molecule has 1 aromatic carbocycles. The molecule has 1 amide bonds. The second-order valence-electron chi connectivity index (χ2n) is 4.34. The normalized spacial score (nSPS) is 12.2. The Kier molecular flexibility index (Phi) is 5.10. The molecule has 0 spiro atoms. The fraction of sp³-hybridized carbons (Fsp3) is 0.462. The van der Waals surface area contributed by atoms with Crippen LogP contribution in [0.25, 0.3) is 0 Å². The summed E-state index contributed by atoms with van der Waals surface area (Å²) in [4.78, 5) is 11.6. The third-order valence-corrected chi connectivity index (χ3v) is 2.56. The van der Waals surface area contributed by atoms with Crippen LogP contribution < -0.4 is 11.1 Å². The first kappa shape index (κ1) is 13.6. The lowest BCUT2D eigenvalue weighted by Gasteiger charge is -2.07. The summed E-state index contributed by atoms with van der Waals surface area (Å²) in [5.74, 6) is -0.596. The van der Waals surface area contributed by atoms with E-state index in [2.05, 4.69) is 5.32 Å². The minimum absolute atomic E-state index is 0.142. The van der Waals surface area contributed by atoms with Crippen LogP contribution in [-0.2, 0) is 0 Å². The van der Waals surface area contributed by atoms with Gasteiger partial charge in [0.05, 0.1) is 0 Å². The summed E-state index contributed by atoms with van der Waals surface area (Å²) < 4.78 is 13.2. The number of benzene rings is 1. The largest absolute Gasteiger partial charge is 0.352 e. The van der Waals surface area contributed by atoms with Crippen molar-refractivity contribution < 1.29 is 9.18 Å². The van der Waals surface area contributed by atoms with Crippen molar-refractivity contribution in [3.63, 3.8) is 0 Å². The summed E-state index contributed by atoms with van der Waals surface area (Å²) in [5, 5.41) is 2.74. The van der Waals surface area contributed by atoms with E-state index < -0.39 is 0 Å². The number of nitrogens with one attached hydrogen (secondary N) is 1. The van der Waals surface area contributed by atoms with Crippen molar-refractivity contribution in [3.8, 4) is 0 Å². The van der Waals surface area contributed by atoms with Crippen molar-refractivity contribution in [1.82, 2.24) is 5.32 Å². The Bertz CT molecular complexity index is 391. The number of nitrogens with two attached hydrogens (primary N) is 1. The van der Waals surface area contributed by atoms with E-state index in [0.29, 0.717) is 17.7 Å². The molecule has 0 bridgehead atoms. The summed E-state index contributed by atoms with van der Waals surface area (Å²) in [5.41, 5.74) is 6.49. The fourth-order valence-electron chi connectivity index (χ4n) is 1.46. The molecule has 4 heteroatoms. The number of aryl methyl sites for hydroxylation is 1. The lowest BCUT2D eigenvalue weighted by molar-refractivity contribution is 0.0952. The first-order valence-corrected chi connectivity index (χ1v) is 5.80. The quantitative estimate of drug-likeness (QED) is 0.771. The highest BCUT2D eigenvalue weighted by atomic mass is 19.1. The van der Waals surface area contributed by atoms with E-state index in [-0.39, 0.29) is 17.8 Å².